The molecular formula is C17H19ClN2O4. The van der Waals surface area contributed by atoms with Crippen LogP contribution in [0, 0.1) is 13.8 Å². The van der Waals surface area contributed by atoms with Gasteiger partial charge in [-0.15, -0.1) is 0 Å². The SMILES string of the molecule is Cc1noc(C)c1CCC(=O)O[C@@H](C)C(=O)Nc1ccccc1Cl. The number of carbonyl (C=O) groups is 2. The number of aromatic nitrogens is 1. The van der Waals surface area contributed by atoms with E-state index in [1.54, 1.807) is 31.2 Å². The summed E-state index contributed by atoms with van der Waals surface area (Å²) in [4.78, 5) is 24.0. The highest BCUT2D eigenvalue weighted by atomic mass is 35.5. The summed E-state index contributed by atoms with van der Waals surface area (Å²) in [7, 11) is 0. The van der Waals surface area contributed by atoms with Crippen molar-refractivity contribution in [1.29, 1.82) is 0 Å². The van der Waals surface area contributed by atoms with Gasteiger partial charge in [-0.2, -0.15) is 0 Å². The van der Waals surface area contributed by atoms with E-state index in [0.717, 1.165) is 11.3 Å². The Bertz CT molecular complexity index is 722. The molecule has 128 valence electrons. The monoisotopic (exact) mass is 350 g/mol. The number of halogens is 1. The molecule has 2 rings (SSSR count). The average Bonchev–Trinajstić information content (AvgIpc) is 2.86. The maximum atomic E-state index is 12.1. The Balaban J connectivity index is 1.85. The van der Waals surface area contributed by atoms with Crippen molar-refractivity contribution in [2.75, 3.05) is 5.32 Å². The van der Waals surface area contributed by atoms with Gasteiger partial charge in [-0.1, -0.05) is 28.9 Å². The fourth-order valence-electron chi connectivity index (χ4n) is 2.19. The molecule has 1 amide bonds. The molecule has 0 aliphatic rings. The third-order valence-corrected chi connectivity index (χ3v) is 3.90. The van der Waals surface area contributed by atoms with Crippen molar-refractivity contribution in [3.8, 4) is 0 Å². The van der Waals surface area contributed by atoms with Crippen LogP contribution in [0.4, 0.5) is 5.69 Å². The molecule has 1 aromatic carbocycles. The summed E-state index contributed by atoms with van der Waals surface area (Å²) in [5.74, 6) is -0.213. The number of carbonyl (C=O) groups excluding carboxylic acids is 2. The van der Waals surface area contributed by atoms with Gasteiger partial charge in [0.25, 0.3) is 5.91 Å². The Kier molecular flexibility index (Phi) is 5.98. The van der Waals surface area contributed by atoms with Crippen LogP contribution in [0.25, 0.3) is 0 Å². The lowest BCUT2D eigenvalue weighted by molar-refractivity contribution is -0.153. The van der Waals surface area contributed by atoms with Crippen molar-refractivity contribution in [3.05, 3.63) is 46.3 Å². The number of nitrogens with zero attached hydrogens (tertiary/aromatic N) is 1. The zero-order valence-electron chi connectivity index (χ0n) is 13.8. The summed E-state index contributed by atoms with van der Waals surface area (Å²) in [6.07, 6.45) is -0.315. The number of benzene rings is 1. The van der Waals surface area contributed by atoms with E-state index >= 15 is 0 Å². The average molecular weight is 351 g/mol. The molecule has 6 nitrogen and oxygen atoms in total. The number of aryl methyl sites for hydroxylation is 2. The Labute approximate surface area is 145 Å². The smallest absolute Gasteiger partial charge is 0.306 e. The second-order valence-electron chi connectivity index (χ2n) is 5.40. The number of anilines is 1. The minimum atomic E-state index is -0.918. The van der Waals surface area contributed by atoms with Crippen LogP contribution in [0.15, 0.2) is 28.8 Å². The summed E-state index contributed by atoms with van der Waals surface area (Å²) >= 11 is 5.98. The third kappa shape index (κ3) is 4.58. The van der Waals surface area contributed by atoms with Crippen molar-refractivity contribution >= 4 is 29.2 Å². The molecule has 0 bridgehead atoms. The van der Waals surface area contributed by atoms with Gasteiger partial charge in [-0.3, -0.25) is 9.59 Å². The molecule has 0 saturated heterocycles. The van der Waals surface area contributed by atoms with Crippen LogP contribution < -0.4 is 5.32 Å². The van der Waals surface area contributed by atoms with Gasteiger partial charge < -0.3 is 14.6 Å². The van der Waals surface area contributed by atoms with Gasteiger partial charge in [0.05, 0.1) is 16.4 Å². The van der Waals surface area contributed by atoms with E-state index in [1.807, 2.05) is 6.92 Å². The van der Waals surface area contributed by atoms with Crippen LogP contribution in [-0.2, 0) is 20.7 Å². The van der Waals surface area contributed by atoms with Crippen molar-refractivity contribution < 1.29 is 18.8 Å². The molecule has 0 radical (unpaired) electrons. The number of hydrogen-bond acceptors (Lipinski definition) is 5. The van der Waals surface area contributed by atoms with Gasteiger partial charge in [0.15, 0.2) is 6.10 Å². The van der Waals surface area contributed by atoms with Crippen LogP contribution in [0.1, 0.15) is 30.4 Å². The van der Waals surface area contributed by atoms with E-state index in [1.165, 1.54) is 6.92 Å². The molecule has 2 aromatic rings. The highest BCUT2D eigenvalue weighted by Gasteiger charge is 2.19. The van der Waals surface area contributed by atoms with Crippen LogP contribution in [-0.4, -0.2) is 23.1 Å². The van der Waals surface area contributed by atoms with Gasteiger partial charge >= 0.3 is 5.97 Å². The highest BCUT2D eigenvalue weighted by molar-refractivity contribution is 6.33. The van der Waals surface area contributed by atoms with Crippen molar-refractivity contribution in [2.24, 2.45) is 0 Å². The molecule has 1 heterocycles. The summed E-state index contributed by atoms with van der Waals surface area (Å²) < 4.78 is 10.2. The van der Waals surface area contributed by atoms with Crippen molar-refractivity contribution in [3.63, 3.8) is 0 Å². The highest BCUT2D eigenvalue weighted by Crippen LogP contribution is 2.21. The molecule has 0 aliphatic carbocycles. The zero-order valence-corrected chi connectivity index (χ0v) is 14.5. The van der Waals surface area contributed by atoms with E-state index in [4.69, 9.17) is 20.9 Å². The number of hydrogen-bond donors (Lipinski definition) is 1. The number of esters is 1. The molecule has 0 unspecified atom stereocenters. The van der Waals surface area contributed by atoms with Gasteiger partial charge in [0, 0.05) is 12.0 Å². The molecule has 24 heavy (non-hydrogen) atoms. The summed E-state index contributed by atoms with van der Waals surface area (Å²) in [5.41, 5.74) is 2.12. The lowest BCUT2D eigenvalue weighted by Gasteiger charge is -2.14. The Morgan fingerprint density at radius 1 is 1.33 bits per heavy atom. The largest absolute Gasteiger partial charge is 0.453 e. The van der Waals surface area contributed by atoms with E-state index in [0.29, 0.717) is 22.9 Å². The lowest BCUT2D eigenvalue weighted by atomic mass is 10.1. The molecule has 0 spiro atoms. The van der Waals surface area contributed by atoms with E-state index < -0.39 is 18.0 Å². The van der Waals surface area contributed by atoms with Crippen molar-refractivity contribution in [2.45, 2.75) is 39.7 Å². The maximum Gasteiger partial charge on any atom is 0.306 e. The number of amides is 1. The van der Waals surface area contributed by atoms with Gasteiger partial charge in [-0.05, 0) is 39.3 Å². The van der Waals surface area contributed by atoms with E-state index in [-0.39, 0.29) is 6.42 Å². The molecule has 1 atom stereocenters. The van der Waals surface area contributed by atoms with Crippen LogP contribution in [0.5, 0.6) is 0 Å². The summed E-state index contributed by atoms with van der Waals surface area (Å²) in [5, 5.41) is 6.88. The Morgan fingerprint density at radius 3 is 2.67 bits per heavy atom. The fourth-order valence-corrected chi connectivity index (χ4v) is 2.38. The second-order valence-corrected chi connectivity index (χ2v) is 5.81. The van der Waals surface area contributed by atoms with Crippen LogP contribution >= 0.6 is 11.6 Å². The quantitative estimate of drug-likeness (QED) is 0.807. The van der Waals surface area contributed by atoms with E-state index in [2.05, 4.69) is 10.5 Å². The Hall–Kier alpha value is -2.34. The number of para-hydroxylation sites is 1. The predicted octanol–water partition coefficient (Wildman–Crippen LogP) is 3.45. The first-order chi connectivity index (χ1) is 11.4. The van der Waals surface area contributed by atoms with Gasteiger partial charge in [0.2, 0.25) is 0 Å². The molecular weight excluding hydrogens is 332 g/mol. The molecule has 0 aliphatic heterocycles. The Morgan fingerprint density at radius 2 is 2.04 bits per heavy atom. The lowest BCUT2D eigenvalue weighted by Crippen LogP contribution is -2.30. The predicted molar refractivity (Wildman–Crippen MR) is 89.9 cm³/mol. The first kappa shape index (κ1) is 18.0. The minimum absolute atomic E-state index is 0.145. The van der Waals surface area contributed by atoms with Gasteiger partial charge in [-0.25, -0.2) is 0 Å². The number of ether oxygens (including phenoxy) is 1. The zero-order chi connectivity index (χ0) is 17.7. The standard InChI is InChI=1S/C17H19ClN2O4/c1-10-13(11(2)24-20-10)8-9-16(21)23-12(3)17(22)19-15-7-5-4-6-14(15)18/h4-7,12H,8-9H2,1-3H3,(H,19,22)/t12-/m0/s1. The number of rotatable bonds is 6. The minimum Gasteiger partial charge on any atom is -0.453 e. The molecule has 0 saturated carbocycles. The van der Waals surface area contributed by atoms with Crippen molar-refractivity contribution in [1.82, 2.24) is 5.16 Å². The fraction of sp³-hybridized carbons (Fsp3) is 0.353. The number of nitrogens with one attached hydrogen (secondary N) is 1. The summed E-state index contributed by atoms with van der Waals surface area (Å²) in [6, 6.07) is 6.85. The van der Waals surface area contributed by atoms with Gasteiger partial charge in [0.1, 0.15) is 5.76 Å². The first-order valence-electron chi connectivity index (χ1n) is 7.55. The first-order valence-corrected chi connectivity index (χ1v) is 7.93. The molecule has 7 heteroatoms. The normalized spacial score (nSPS) is 11.8. The van der Waals surface area contributed by atoms with E-state index in [9.17, 15) is 9.59 Å². The molecule has 1 N–H and O–H groups in total. The molecule has 1 aromatic heterocycles. The second kappa shape index (κ2) is 7.97. The topological polar surface area (TPSA) is 81.4 Å². The third-order valence-electron chi connectivity index (χ3n) is 3.57. The maximum absolute atomic E-state index is 12.1. The molecule has 0 fully saturated rings. The van der Waals surface area contributed by atoms with Crippen LogP contribution in [0.2, 0.25) is 5.02 Å². The summed E-state index contributed by atoms with van der Waals surface area (Å²) in [6.45, 7) is 5.12. The van der Waals surface area contributed by atoms with Crippen LogP contribution in [0.3, 0.4) is 0 Å².